The van der Waals surface area contributed by atoms with Gasteiger partial charge in [-0.1, -0.05) is 126 Å². The lowest BCUT2D eigenvalue weighted by Gasteiger charge is -2.26. The normalized spacial score (nSPS) is 10.9. The van der Waals surface area contributed by atoms with E-state index in [1.807, 2.05) is 48.5 Å². The summed E-state index contributed by atoms with van der Waals surface area (Å²) in [4.78, 5) is 4.70. The van der Waals surface area contributed by atoms with Crippen molar-refractivity contribution >= 4 is 63.4 Å². The Morgan fingerprint density at radius 2 is 0.583 bits per heavy atom. The third-order valence-corrected chi connectivity index (χ3v) is 9.32. The standard InChI is InChI=1S/C42H34Cl4N2/c1-30(35-10-22-41(23-11-35)47(26-31-2-14-37(43)15-3-31)27-32-4-16-38(44)17-5-32)36-12-24-42(25-13-36)48(28-33-6-18-39(45)19-7-33)29-34-8-20-40(46)21-9-34/h2-25H,1,26-29H2. The quantitative estimate of drug-likeness (QED) is 0.125. The van der Waals surface area contributed by atoms with E-state index in [0.717, 1.165) is 74.3 Å². The van der Waals surface area contributed by atoms with Gasteiger partial charge in [0.1, 0.15) is 0 Å². The van der Waals surface area contributed by atoms with Crippen LogP contribution in [0.15, 0.2) is 152 Å². The summed E-state index contributed by atoms with van der Waals surface area (Å²) in [6.45, 7) is 7.43. The molecule has 0 heterocycles. The minimum absolute atomic E-state index is 0.731. The van der Waals surface area contributed by atoms with Crippen molar-refractivity contribution < 1.29 is 0 Å². The third-order valence-electron chi connectivity index (χ3n) is 8.31. The molecule has 0 amide bonds. The van der Waals surface area contributed by atoms with Crippen LogP contribution < -0.4 is 9.80 Å². The molecule has 0 aliphatic rings. The summed E-state index contributed by atoms with van der Waals surface area (Å²) in [7, 11) is 0. The van der Waals surface area contributed by atoms with Crippen molar-refractivity contribution in [1.29, 1.82) is 0 Å². The molecule has 0 fully saturated rings. The van der Waals surface area contributed by atoms with E-state index in [0.29, 0.717) is 0 Å². The zero-order valence-corrected chi connectivity index (χ0v) is 29.3. The summed E-state index contributed by atoms with van der Waals surface area (Å²) in [5.74, 6) is 0. The van der Waals surface area contributed by atoms with Crippen LogP contribution in [0.3, 0.4) is 0 Å². The fraction of sp³-hybridized carbons (Fsp3) is 0.0952. The molecule has 0 N–H and O–H groups in total. The summed E-state index contributed by atoms with van der Waals surface area (Å²) in [6, 6.07) is 49.3. The second-order valence-electron chi connectivity index (χ2n) is 11.8. The average molecular weight is 709 g/mol. The van der Waals surface area contributed by atoms with Crippen molar-refractivity contribution in [2.45, 2.75) is 26.2 Å². The highest BCUT2D eigenvalue weighted by molar-refractivity contribution is 6.31. The van der Waals surface area contributed by atoms with E-state index < -0.39 is 0 Å². The molecule has 6 rings (SSSR count). The van der Waals surface area contributed by atoms with Gasteiger partial charge < -0.3 is 9.80 Å². The van der Waals surface area contributed by atoms with Crippen LogP contribution in [-0.2, 0) is 26.2 Å². The third kappa shape index (κ3) is 9.04. The second-order valence-corrected chi connectivity index (χ2v) is 13.5. The number of hydrogen-bond acceptors (Lipinski definition) is 2. The minimum Gasteiger partial charge on any atom is -0.363 e. The van der Waals surface area contributed by atoms with Gasteiger partial charge in [-0.25, -0.2) is 0 Å². The maximum atomic E-state index is 6.16. The van der Waals surface area contributed by atoms with Gasteiger partial charge in [0.05, 0.1) is 0 Å². The van der Waals surface area contributed by atoms with Gasteiger partial charge in [0.2, 0.25) is 0 Å². The van der Waals surface area contributed by atoms with Gasteiger partial charge >= 0.3 is 0 Å². The largest absolute Gasteiger partial charge is 0.363 e. The Labute approximate surface area is 303 Å². The highest BCUT2D eigenvalue weighted by Gasteiger charge is 2.13. The molecule has 0 saturated carbocycles. The molecule has 2 nitrogen and oxygen atoms in total. The van der Waals surface area contributed by atoms with Crippen LogP contribution in [0.4, 0.5) is 11.4 Å². The Balaban J connectivity index is 1.20. The predicted octanol–water partition coefficient (Wildman–Crippen LogP) is 12.8. The molecule has 6 heteroatoms. The number of benzene rings is 6. The molecule has 0 aliphatic carbocycles. The van der Waals surface area contributed by atoms with Gasteiger partial charge in [0, 0.05) is 57.6 Å². The van der Waals surface area contributed by atoms with Crippen molar-refractivity contribution in [2.75, 3.05) is 9.80 Å². The second kappa shape index (κ2) is 15.8. The molecule has 48 heavy (non-hydrogen) atoms. The Bertz CT molecular complexity index is 1700. The van der Waals surface area contributed by atoms with Crippen LogP contribution in [0.1, 0.15) is 33.4 Å². The van der Waals surface area contributed by atoms with E-state index >= 15 is 0 Å². The van der Waals surface area contributed by atoms with Crippen molar-refractivity contribution in [3.63, 3.8) is 0 Å². The molecule has 6 aromatic rings. The van der Waals surface area contributed by atoms with Crippen LogP contribution in [0.25, 0.3) is 5.57 Å². The molecular formula is C42H34Cl4N2. The van der Waals surface area contributed by atoms with Crippen molar-refractivity contribution in [3.8, 4) is 0 Å². The van der Waals surface area contributed by atoms with Crippen LogP contribution in [0.5, 0.6) is 0 Å². The van der Waals surface area contributed by atoms with E-state index in [2.05, 4.69) is 113 Å². The fourth-order valence-corrected chi connectivity index (χ4v) is 6.14. The summed E-state index contributed by atoms with van der Waals surface area (Å²) in [6.07, 6.45) is 0. The number of anilines is 2. The maximum absolute atomic E-state index is 6.16. The zero-order valence-electron chi connectivity index (χ0n) is 26.3. The molecular weight excluding hydrogens is 674 g/mol. The Kier molecular flexibility index (Phi) is 11.1. The molecule has 0 bridgehead atoms. The summed E-state index contributed by atoms with van der Waals surface area (Å²) in [5, 5.41) is 2.92. The first-order chi connectivity index (χ1) is 23.3. The molecule has 0 radical (unpaired) electrons. The van der Waals surface area contributed by atoms with Gasteiger partial charge in [-0.3, -0.25) is 0 Å². The van der Waals surface area contributed by atoms with Crippen LogP contribution in [0.2, 0.25) is 20.1 Å². The number of nitrogens with zero attached hydrogens (tertiary/aromatic N) is 2. The Morgan fingerprint density at radius 1 is 0.354 bits per heavy atom. The monoisotopic (exact) mass is 706 g/mol. The average Bonchev–Trinajstić information content (AvgIpc) is 3.11. The molecule has 6 aromatic carbocycles. The molecule has 0 atom stereocenters. The molecule has 0 saturated heterocycles. The summed E-state index contributed by atoms with van der Waals surface area (Å²) in [5.41, 5.74) is 10.1. The summed E-state index contributed by atoms with van der Waals surface area (Å²) < 4.78 is 0. The lowest BCUT2D eigenvalue weighted by Crippen LogP contribution is -2.22. The molecule has 0 aliphatic heterocycles. The van der Waals surface area contributed by atoms with E-state index in [-0.39, 0.29) is 0 Å². The minimum atomic E-state index is 0.731. The summed E-state index contributed by atoms with van der Waals surface area (Å²) >= 11 is 24.6. The van der Waals surface area contributed by atoms with Gasteiger partial charge in [0.15, 0.2) is 0 Å². The van der Waals surface area contributed by atoms with Gasteiger partial charge in [-0.15, -0.1) is 0 Å². The Morgan fingerprint density at radius 3 is 0.812 bits per heavy atom. The van der Waals surface area contributed by atoms with E-state index in [4.69, 9.17) is 46.4 Å². The van der Waals surface area contributed by atoms with Gasteiger partial charge in [-0.05, 0) is 112 Å². The lowest BCUT2D eigenvalue weighted by atomic mass is 9.98. The van der Waals surface area contributed by atoms with Crippen molar-refractivity contribution in [3.05, 3.63) is 206 Å². The molecule has 0 unspecified atom stereocenters. The first-order valence-corrected chi connectivity index (χ1v) is 17.2. The SMILES string of the molecule is C=C(c1ccc(N(Cc2ccc(Cl)cc2)Cc2ccc(Cl)cc2)cc1)c1ccc(N(Cc2ccc(Cl)cc2)Cc2ccc(Cl)cc2)cc1. The van der Waals surface area contributed by atoms with Crippen molar-refractivity contribution in [1.82, 2.24) is 0 Å². The van der Waals surface area contributed by atoms with Gasteiger partial charge in [-0.2, -0.15) is 0 Å². The predicted molar refractivity (Wildman–Crippen MR) is 207 cm³/mol. The lowest BCUT2D eigenvalue weighted by molar-refractivity contribution is 0.800. The zero-order chi connectivity index (χ0) is 33.5. The van der Waals surface area contributed by atoms with Crippen LogP contribution >= 0.6 is 46.4 Å². The molecule has 0 spiro atoms. The van der Waals surface area contributed by atoms with Gasteiger partial charge in [0.25, 0.3) is 0 Å². The topological polar surface area (TPSA) is 6.48 Å². The highest BCUT2D eigenvalue weighted by Crippen LogP contribution is 2.29. The number of rotatable bonds is 12. The molecule has 0 aromatic heterocycles. The first-order valence-electron chi connectivity index (χ1n) is 15.7. The van der Waals surface area contributed by atoms with Crippen molar-refractivity contribution in [2.24, 2.45) is 0 Å². The smallest absolute Gasteiger partial charge is 0.0433 e. The fourth-order valence-electron chi connectivity index (χ4n) is 5.63. The first kappa shape index (κ1) is 33.7. The molecule has 240 valence electrons. The van der Waals surface area contributed by atoms with E-state index in [1.165, 1.54) is 22.3 Å². The van der Waals surface area contributed by atoms with Crippen LogP contribution in [0, 0.1) is 0 Å². The number of hydrogen-bond donors (Lipinski definition) is 0. The van der Waals surface area contributed by atoms with E-state index in [9.17, 15) is 0 Å². The maximum Gasteiger partial charge on any atom is 0.0433 e. The van der Waals surface area contributed by atoms with E-state index in [1.54, 1.807) is 0 Å². The Hall–Kier alpha value is -4.18. The number of halogens is 4. The highest BCUT2D eigenvalue weighted by atomic mass is 35.5. The van der Waals surface area contributed by atoms with Crippen LogP contribution in [-0.4, -0.2) is 0 Å².